The van der Waals surface area contributed by atoms with Crippen molar-refractivity contribution in [1.29, 1.82) is 0 Å². The number of rotatable bonds is 5. The van der Waals surface area contributed by atoms with E-state index in [1.807, 2.05) is 0 Å². The molecule has 1 saturated heterocycles. The van der Waals surface area contributed by atoms with Crippen molar-refractivity contribution >= 4 is 9.84 Å². The van der Waals surface area contributed by atoms with E-state index in [1.165, 1.54) is 32.1 Å². The van der Waals surface area contributed by atoms with Crippen molar-refractivity contribution in [2.45, 2.75) is 68.9 Å². The van der Waals surface area contributed by atoms with Gasteiger partial charge in [-0.25, -0.2) is 8.42 Å². The molecule has 0 saturated carbocycles. The second kappa shape index (κ2) is 8.46. The zero-order chi connectivity index (χ0) is 19.6. The van der Waals surface area contributed by atoms with E-state index >= 15 is 0 Å². The predicted octanol–water partition coefficient (Wildman–Crippen LogP) is 3.97. The number of hydrogen-bond acceptors (Lipinski definition) is 5. The van der Waals surface area contributed by atoms with Crippen molar-refractivity contribution in [2.75, 3.05) is 25.4 Å². The molecule has 2 aliphatic heterocycles. The van der Waals surface area contributed by atoms with Crippen LogP contribution in [-0.4, -0.2) is 50.9 Å². The Morgan fingerprint density at radius 1 is 1.14 bits per heavy atom. The van der Waals surface area contributed by atoms with Gasteiger partial charge >= 0.3 is 0 Å². The van der Waals surface area contributed by atoms with E-state index in [2.05, 4.69) is 11.0 Å². The van der Waals surface area contributed by atoms with Crippen LogP contribution < -0.4 is 9.47 Å². The highest BCUT2D eigenvalue weighted by Gasteiger charge is 2.35. The molecule has 6 heteroatoms. The Kier molecular flexibility index (Phi) is 5.97. The van der Waals surface area contributed by atoms with Crippen LogP contribution in [0.4, 0.5) is 0 Å². The van der Waals surface area contributed by atoms with Gasteiger partial charge in [-0.2, -0.15) is 0 Å². The smallest absolute Gasteiger partial charge is 0.178 e. The standard InChI is InChI=1S/C22H31NO4S/c1-2-28(24,25)18-10-11-21-22(15-18)27-20(12-14-26-21)19-9-6-13-23(19)16-17-7-4-3-5-8-17/h7,10-11,15,19-20H,2-6,8-9,12-14,16H2,1H3. The molecule has 28 heavy (non-hydrogen) atoms. The minimum absolute atomic E-state index is 0.0347. The molecule has 0 amide bonds. The summed E-state index contributed by atoms with van der Waals surface area (Å²) >= 11 is 0. The van der Waals surface area contributed by atoms with Gasteiger partial charge in [-0.15, -0.1) is 0 Å². The van der Waals surface area contributed by atoms with Crippen molar-refractivity contribution < 1.29 is 17.9 Å². The fourth-order valence-corrected chi connectivity index (χ4v) is 5.51. The zero-order valence-electron chi connectivity index (χ0n) is 16.7. The molecule has 2 unspecified atom stereocenters. The SMILES string of the molecule is CCS(=O)(=O)c1ccc2c(c1)OC(C1CCCN1CC1=CCCCC1)CCO2. The van der Waals surface area contributed by atoms with Gasteiger partial charge in [0.2, 0.25) is 0 Å². The predicted molar refractivity (Wildman–Crippen MR) is 110 cm³/mol. The molecule has 1 fully saturated rings. The summed E-state index contributed by atoms with van der Waals surface area (Å²) in [6.07, 6.45) is 10.7. The Bertz CT molecular complexity index is 833. The Morgan fingerprint density at radius 3 is 2.82 bits per heavy atom. The van der Waals surface area contributed by atoms with Crippen LogP contribution in [0.15, 0.2) is 34.7 Å². The maximum Gasteiger partial charge on any atom is 0.178 e. The number of likely N-dealkylation sites (tertiary alicyclic amines) is 1. The number of ether oxygens (including phenoxy) is 2. The summed E-state index contributed by atoms with van der Waals surface area (Å²) in [4.78, 5) is 2.88. The van der Waals surface area contributed by atoms with E-state index in [4.69, 9.17) is 9.47 Å². The molecule has 0 bridgehead atoms. The number of nitrogens with zero attached hydrogens (tertiary/aromatic N) is 1. The topological polar surface area (TPSA) is 55.8 Å². The molecule has 0 aromatic heterocycles. The van der Waals surface area contributed by atoms with Crippen LogP contribution >= 0.6 is 0 Å². The minimum Gasteiger partial charge on any atom is -0.490 e. The maximum atomic E-state index is 12.3. The Balaban J connectivity index is 1.53. The summed E-state index contributed by atoms with van der Waals surface area (Å²) in [6, 6.07) is 5.37. The molecule has 2 atom stereocenters. The maximum absolute atomic E-state index is 12.3. The molecule has 2 heterocycles. The van der Waals surface area contributed by atoms with Crippen LogP contribution in [0.3, 0.4) is 0 Å². The number of fused-ring (bicyclic) bond motifs is 1. The molecular formula is C22H31NO4S. The number of hydrogen-bond donors (Lipinski definition) is 0. The lowest BCUT2D eigenvalue weighted by atomic mass is 9.98. The molecule has 0 radical (unpaired) electrons. The molecule has 0 N–H and O–H groups in total. The summed E-state index contributed by atoms with van der Waals surface area (Å²) in [6.45, 7) is 4.42. The first-order chi connectivity index (χ1) is 13.6. The summed E-state index contributed by atoms with van der Waals surface area (Å²) in [5, 5.41) is 0. The molecule has 1 aromatic carbocycles. The number of sulfone groups is 1. The van der Waals surface area contributed by atoms with Crippen LogP contribution in [0.5, 0.6) is 11.5 Å². The summed E-state index contributed by atoms with van der Waals surface area (Å²) in [5.41, 5.74) is 1.57. The first kappa shape index (κ1) is 19.8. The van der Waals surface area contributed by atoms with E-state index in [9.17, 15) is 8.42 Å². The second-order valence-corrected chi connectivity index (χ2v) is 10.4. The Labute approximate surface area is 168 Å². The Morgan fingerprint density at radius 2 is 2.04 bits per heavy atom. The van der Waals surface area contributed by atoms with Gasteiger partial charge in [0.1, 0.15) is 6.10 Å². The quantitative estimate of drug-likeness (QED) is 0.694. The van der Waals surface area contributed by atoms with Gasteiger partial charge in [0.25, 0.3) is 0 Å². The number of benzene rings is 1. The monoisotopic (exact) mass is 405 g/mol. The third-order valence-corrected chi connectivity index (χ3v) is 7.96. The zero-order valence-corrected chi connectivity index (χ0v) is 17.5. The lowest BCUT2D eigenvalue weighted by Crippen LogP contribution is -2.43. The first-order valence-corrected chi connectivity index (χ1v) is 12.3. The van der Waals surface area contributed by atoms with Gasteiger partial charge in [-0.05, 0) is 57.2 Å². The van der Waals surface area contributed by atoms with Crippen LogP contribution in [0, 0.1) is 0 Å². The van der Waals surface area contributed by atoms with Crippen molar-refractivity contribution in [3.8, 4) is 11.5 Å². The fourth-order valence-electron chi connectivity index (χ4n) is 4.62. The molecule has 3 aliphatic rings. The second-order valence-electron chi connectivity index (χ2n) is 8.09. The highest BCUT2D eigenvalue weighted by atomic mass is 32.2. The highest BCUT2D eigenvalue weighted by molar-refractivity contribution is 7.91. The lowest BCUT2D eigenvalue weighted by Gasteiger charge is -2.32. The highest BCUT2D eigenvalue weighted by Crippen LogP contribution is 2.36. The average Bonchev–Trinajstić information content (AvgIpc) is 3.06. The average molecular weight is 406 g/mol. The van der Waals surface area contributed by atoms with Crippen molar-refractivity contribution in [3.05, 3.63) is 29.8 Å². The Hall–Kier alpha value is -1.53. The largest absolute Gasteiger partial charge is 0.490 e. The van der Waals surface area contributed by atoms with Crippen molar-refractivity contribution in [2.24, 2.45) is 0 Å². The van der Waals surface area contributed by atoms with Gasteiger partial charge < -0.3 is 9.47 Å². The minimum atomic E-state index is -3.26. The van der Waals surface area contributed by atoms with Gasteiger partial charge in [0.15, 0.2) is 21.3 Å². The van der Waals surface area contributed by atoms with Crippen LogP contribution in [0.25, 0.3) is 0 Å². The van der Waals surface area contributed by atoms with Crippen LogP contribution in [0.2, 0.25) is 0 Å². The number of allylic oxidation sites excluding steroid dienone is 1. The van der Waals surface area contributed by atoms with Crippen LogP contribution in [0.1, 0.15) is 51.9 Å². The summed E-state index contributed by atoms with van der Waals surface area (Å²) < 4.78 is 36.8. The van der Waals surface area contributed by atoms with E-state index in [-0.39, 0.29) is 11.9 Å². The third kappa shape index (κ3) is 4.23. The summed E-state index contributed by atoms with van der Waals surface area (Å²) in [7, 11) is -3.26. The lowest BCUT2D eigenvalue weighted by molar-refractivity contribution is 0.0910. The van der Waals surface area contributed by atoms with Crippen LogP contribution in [-0.2, 0) is 9.84 Å². The third-order valence-electron chi connectivity index (χ3n) is 6.23. The van der Waals surface area contributed by atoms with Crippen molar-refractivity contribution in [3.63, 3.8) is 0 Å². The van der Waals surface area contributed by atoms with Gasteiger partial charge in [-0.3, -0.25) is 4.90 Å². The molecular weight excluding hydrogens is 374 g/mol. The normalized spacial score (nSPS) is 26.0. The first-order valence-electron chi connectivity index (χ1n) is 10.6. The van der Waals surface area contributed by atoms with Gasteiger partial charge in [0.05, 0.1) is 17.3 Å². The van der Waals surface area contributed by atoms with E-state index in [0.717, 1.165) is 25.9 Å². The van der Waals surface area contributed by atoms with Gasteiger partial charge in [-0.1, -0.05) is 18.6 Å². The molecule has 0 spiro atoms. The molecule has 1 aromatic rings. The summed E-state index contributed by atoms with van der Waals surface area (Å²) in [5.74, 6) is 1.31. The fraction of sp³-hybridized carbons (Fsp3) is 0.636. The van der Waals surface area contributed by atoms with Crippen molar-refractivity contribution in [1.82, 2.24) is 4.90 Å². The van der Waals surface area contributed by atoms with E-state index < -0.39 is 9.84 Å². The molecule has 5 nitrogen and oxygen atoms in total. The molecule has 1 aliphatic carbocycles. The van der Waals surface area contributed by atoms with E-state index in [0.29, 0.717) is 29.0 Å². The van der Waals surface area contributed by atoms with Gasteiger partial charge in [0, 0.05) is 25.1 Å². The molecule has 154 valence electrons. The van der Waals surface area contributed by atoms with E-state index in [1.54, 1.807) is 30.7 Å². The molecule has 4 rings (SSSR count).